The van der Waals surface area contributed by atoms with Crippen LogP contribution in [0, 0.1) is 12.3 Å². The number of nitrogens with zero attached hydrogens (tertiary/aromatic N) is 1. The molecule has 0 aromatic heterocycles. The Hall–Kier alpha value is -1.92. The smallest absolute Gasteiger partial charge is 0.239 e. The molecule has 2 heterocycles. The predicted octanol–water partition coefficient (Wildman–Crippen LogP) is 2.89. The molecule has 148 valence electrons. The Morgan fingerprint density at radius 1 is 1.19 bits per heavy atom. The molecule has 2 amide bonds. The van der Waals surface area contributed by atoms with Crippen molar-refractivity contribution in [3.8, 4) is 0 Å². The van der Waals surface area contributed by atoms with Gasteiger partial charge in [0.05, 0.1) is 13.2 Å². The van der Waals surface area contributed by atoms with E-state index in [0.29, 0.717) is 39.1 Å². The van der Waals surface area contributed by atoms with Crippen molar-refractivity contribution in [3.05, 3.63) is 29.3 Å². The Labute approximate surface area is 161 Å². The second kappa shape index (κ2) is 7.60. The number of nitrogens with one attached hydrogen (secondary N) is 1. The van der Waals surface area contributed by atoms with Gasteiger partial charge in [-0.3, -0.25) is 9.59 Å². The fourth-order valence-corrected chi connectivity index (χ4v) is 3.80. The van der Waals surface area contributed by atoms with Crippen LogP contribution in [0.3, 0.4) is 0 Å². The van der Waals surface area contributed by atoms with Gasteiger partial charge in [0.25, 0.3) is 0 Å². The van der Waals surface area contributed by atoms with Crippen LogP contribution in [0.1, 0.15) is 44.7 Å². The van der Waals surface area contributed by atoms with E-state index in [0.717, 1.165) is 23.2 Å². The number of likely N-dealkylation sites (tertiary alicyclic amines) is 1. The molecule has 1 spiro atoms. The van der Waals surface area contributed by atoms with Crippen molar-refractivity contribution in [2.75, 3.05) is 31.6 Å². The highest BCUT2D eigenvalue weighted by Gasteiger charge is 2.45. The van der Waals surface area contributed by atoms with Crippen LogP contribution in [0.25, 0.3) is 0 Å². The number of aryl methyl sites for hydroxylation is 2. The molecule has 0 atom stereocenters. The lowest BCUT2D eigenvalue weighted by atomic mass is 9.88. The van der Waals surface area contributed by atoms with E-state index in [1.165, 1.54) is 0 Å². The summed E-state index contributed by atoms with van der Waals surface area (Å²) in [6.45, 7) is 9.71. The van der Waals surface area contributed by atoms with Gasteiger partial charge in [-0.1, -0.05) is 25.1 Å². The maximum Gasteiger partial charge on any atom is 0.239 e. The van der Waals surface area contributed by atoms with Crippen LogP contribution < -0.4 is 5.32 Å². The molecule has 0 bridgehead atoms. The lowest BCUT2D eigenvalue weighted by Crippen LogP contribution is -2.53. The lowest BCUT2D eigenvalue weighted by Gasteiger charge is -2.40. The van der Waals surface area contributed by atoms with E-state index >= 15 is 0 Å². The van der Waals surface area contributed by atoms with Gasteiger partial charge in [-0.2, -0.15) is 0 Å². The summed E-state index contributed by atoms with van der Waals surface area (Å²) in [5.74, 6) is -0.954. The molecule has 2 fully saturated rings. The van der Waals surface area contributed by atoms with E-state index in [1.807, 2.05) is 25.1 Å². The number of hydrogen-bond acceptors (Lipinski definition) is 4. The zero-order valence-electron chi connectivity index (χ0n) is 16.8. The maximum atomic E-state index is 13.1. The number of benzene rings is 1. The molecule has 6 nitrogen and oxygen atoms in total. The molecule has 27 heavy (non-hydrogen) atoms. The average Bonchev–Trinajstić information content (AvgIpc) is 3.11. The van der Waals surface area contributed by atoms with Crippen molar-refractivity contribution in [3.63, 3.8) is 0 Å². The summed E-state index contributed by atoms with van der Waals surface area (Å²) in [6.07, 6.45) is 2.11. The standard InChI is InChI=1S/C21H30N2O4/c1-5-16-8-6-7-15(2)17(16)22-18(24)20(3,4)19(25)23-11-9-21(10-12-23)26-13-14-27-21/h6-8H,5,9-14H2,1-4H3,(H,22,24). The van der Waals surface area contributed by atoms with Crippen molar-refractivity contribution in [2.24, 2.45) is 5.41 Å². The molecule has 0 saturated carbocycles. The molecule has 2 aliphatic heterocycles. The number of ether oxygens (including phenoxy) is 2. The summed E-state index contributed by atoms with van der Waals surface area (Å²) in [7, 11) is 0. The first-order valence-electron chi connectivity index (χ1n) is 9.76. The normalized spacial score (nSPS) is 19.3. The van der Waals surface area contributed by atoms with Crippen LogP contribution in [-0.4, -0.2) is 48.8 Å². The minimum absolute atomic E-state index is 0.153. The highest BCUT2D eigenvalue weighted by molar-refractivity contribution is 6.10. The molecule has 0 aliphatic carbocycles. The summed E-state index contributed by atoms with van der Waals surface area (Å²) in [6, 6.07) is 5.95. The largest absolute Gasteiger partial charge is 0.347 e. The van der Waals surface area contributed by atoms with Crippen LogP contribution >= 0.6 is 0 Å². The molecule has 0 unspecified atom stereocenters. The van der Waals surface area contributed by atoms with Crippen molar-refractivity contribution in [1.29, 1.82) is 0 Å². The van der Waals surface area contributed by atoms with Crippen molar-refractivity contribution in [2.45, 2.75) is 52.7 Å². The number of carbonyl (C=O) groups excluding carboxylic acids is 2. The zero-order chi connectivity index (χ0) is 19.7. The molecule has 0 radical (unpaired) electrons. The number of piperidine rings is 1. The number of anilines is 1. The van der Waals surface area contributed by atoms with Crippen molar-refractivity contribution in [1.82, 2.24) is 4.90 Å². The van der Waals surface area contributed by atoms with Gasteiger partial charge in [0.2, 0.25) is 11.8 Å². The number of carbonyl (C=O) groups is 2. The molecule has 3 rings (SSSR count). The molecule has 1 N–H and O–H groups in total. The molecule has 1 aromatic carbocycles. The van der Waals surface area contributed by atoms with Crippen molar-refractivity contribution < 1.29 is 19.1 Å². The van der Waals surface area contributed by atoms with Gasteiger partial charge < -0.3 is 19.7 Å². The summed E-state index contributed by atoms with van der Waals surface area (Å²) in [5, 5.41) is 3.00. The first-order chi connectivity index (χ1) is 12.8. The lowest BCUT2D eigenvalue weighted by molar-refractivity contribution is -0.189. The number of rotatable bonds is 4. The van der Waals surface area contributed by atoms with E-state index in [9.17, 15) is 9.59 Å². The third-order valence-corrected chi connectivity index (χ3v) is 5.71. The molecular weight excluding hydrogens is 344 g/mol. The SMILES string of the molecule is CCc1cccc(C)c1NC(=O)C(C)(C)C(=O)N1CCC2(CC1)OCCO2. The van der Waals surface area contributed by atoms with Crippen LogP contribution in [0.15, 0.2) is 18.2 Å². The van der Waals surface area contributed by atoms with Crippen LogP contribution in [0.2, 0.25) is 0 Å². The second-order valence-electron chi connectivity index (χ2n) is 7.94. The van der Waals surface area contributed by atoms with Crippen LogP contribution in [0.5, 0.6) is 0 Å². The quantitative estimate of drug-likeness (QED) is 0.823. The summed E-state index contributed by atoms with van der Waals surface area (Å²) in [5.41, 5.74) is 1.74. The van der Waals surface area contributed by atoms with E-state index in [4.69, 9.17) is 9.47 Å². The van der Waals surface area contributed by atoms with Crippen molar-refractivity contribution >= 4 is 17.5 Å². The number of para-hydroxylation sites is 1. The average molecular weight is 374 g/mol. The fraction of sp³-hybridized carbons (Fsp3) is 0.619. The first-order valence-corrected chi connectivity index (χ1v) is 9.76. The van der Waals surface area contributed by atoms with Gasteiger partial charge >= 0.3 is 0 Å². The zero-order valence-corrected chi connectivity index (χ0v) is 16.8. The molecule has 6 heteroatoms. The Kier molecular flexibility index (Phi) is 5.58. The molecular formula is C21H30N2O4. The Morgan fingerprint density at radius 2 is 1.81 bits per heavy atom. The van der Waals surface area contributed by atoms with E-state index in [1.54, 1.807) is 18.7 Å². The maximum absolute atomic E-state index is 13.1. The molecule has 1 aromatic rings. The summed E-state index contributed by atoms with van der Waals surface area (Å²) < 4.78 is 11.4. The third kappa shape index (κ3) is 3.87. The summed E-state index contributed by atoms with van der Waals surface area (Å²) in [4.78, 5) is 27.8. The van der Waals surface area contributed by atoms with Crippen LogP contribution in [0.4, 0.5) is 5.69 Å². The minimum Gasteiger partial charge on any atom is -0.347 e. The van der Waals surface area contributed by atoms with Gasteiger partial charge in [-0.25, -0.2) is 0 Å². The van der Waals surface area contributed by atoms with E-state index < -0.39 is 11.2 Å². The summed E-state index contributed by atoms with van der Waals surface area (Å²) >= 11 is 0. The van der Waals surface area contributed by atoms with E-state index in [-0.39, 0.29) is 11.8 Å². The van der Waals surface area contributed by atoms with E-state index in [2.05, 4.69) is 12.2 Å². The third-order valence-electron chi connectivity index (χ3n) is 5.71. The van der Waals surface area contributed by atoms with Crippen LogP contribution in [-0.2, 0) is 25.5 Å². The number of amides is 2. The van der Waals surface area contributed by atoms with Gasteiger partial charge in [-0.15, -0.1) is 0 Å². The number of hydrogen-bond donors (Lipinski definition) is 1. The van der Waals surface area contributed by atoms with Gasteiger partial charge in [0.15, 0.2) is 5.79 Å². The highest BCUT2D eigenvalue weighted by atomic mass is 16.7. The Morgan fingerprint density at radius 3 is 2.41 bits per heavy atom. The predicted molar refractivity (Wildman–Crippen MR) is 103 cm³/mol. The Balaban J connectivity index is 1.68. The second-order valence-corrected chi connectivity index (χ2v) is 7.94. The minimum atomic E-state index is -1.14. The monoisotopic (exact) mass is 374 g/mol. The van der Waals surface area contributed by atoms with Gasteiger partial charge in [0, 0.05) is 31.6 Å². The molecule has 2 aliphatic rings. The van der Waals surface area contributed by atoms with Gasteiger partial charge in [0.1, 0.15) is 5.41 Å². The molecule has 2 saturated heterocycles. The first kappa shape index (κ1) is 19.8. The topological polar surface area (TPSA) is 67.9 Å². The van der Waals surface area contributed by atoms with Gasteiger partial charge in [-0.05, 0) is 38.3 Å². The Bertz CT molecular complexity index is 713. The fourth-order valence-electron chi connectivity index (χ4n) is 3.80. The highest BCUT2D eigenvalue weighted by Crippen LogP contribution is 2.33.